The van der Waals surface area contributed by atoms with Crippen molar-refractivity contribution in [3.8, 4) is 0 Å². The summed E-state index contributed by atoms with van der Waals surface area (Å²) < 4.78 is 5.35. The monoisotopic (exact) mass is 214 g/mol. The molecule has 0 bridgehead atoms. The molecular weight excluding hydrogens is 192 g/mol. The standard InChI is InChI=1S/C11H22N2O2/c1-8(2)12-11(14)9(3)13-10-5-4-6-15-7-10/h8-10,13H,4-7H2,1-3H3,(H,12,14). The van der Waals surface area contributed by atoms with Gasteiger partial charge in [0, 0.05) is 18.7 Å². The number of nitrogens with one attached hydrogen (secondary N) is 2. The topological polar surface area (TPSA) is 50.4 Å². The highest BCUT2D eigenvalue weighted by Gasteiger charge is 2.20. The predicted octanol–water partition coefficient (Wildman–Crippen LogP) is 0.668. The number of rotatable bonds is 4. The fourth-order valence-electron chi connectivity index (χ4n) is 1.71. The van der Waals surface area contributed by atoms with Crippen molar-refractivity contribution in [1.82, 2.24) is 10.6 Å². The van der Waals surface area contributed by atoms with Crippen LogP contribution in [0.3, 0.4) is 0 Å². The molecule has 0 aromatic carbocycles. The highest BCUT2D eigenvalue weighted by Crippen LogP contribution is 2.06. The van der Waals surface area contributed by atoms with Gasteiger partial charge in [-0.1, -0.05) is 0 Å². The Morgan fingerprint density at radius 2 is 2.13 bits per heavy atom. The Labute approximate surface area is 91.8 Å². The van der Waals surface area contributed by atoms with E-state index in [-0.39, 0.29) is 18.0 Å². The van der Waals surface area contributed by atoms with Gasteiger partial charge in [0.15, 0.2) is 0 Å². The maximum absolute atomic E-state index is 11.6. The quantitative estimate of drug-likeness (QED) is 0.723. The van der Waals surface area contributed by atoms with E-state index in [1.165, 1.54) is 0 Å². The minimum absolute atomic E-state index is 0.0653. The van der Waals surface area contributed by atoms with E-state index in [2.05, 4.69) is 10.6 Å². The van der Waals surface area contributed by atoms with E-state index in [9.17, 15) is 4.79 Å². The van der Waals surface area contributed by atoms with Crippen LogP contribution in [0.2, 0.25) is 0 Å². The van der Waals surface area contributed by atoms with Crippen molar-refractivity contribution in [2.24, 2.45) is 0 Å². The van der Waals surface area contributed by atoms with Crippen molar-refractivity contribution in [3.63, 3.8) is 0 Å². The smallest absolute Gasteiger partial charge is 0.237 e. The third-order valence-electron chi connectivity index (χ3n) is 2.47. The highest BCUT2D eigenvalue weighted by molar-refractivity contribution is 5.81. The summed E-state index contributed by atoms with van der Waals surface area (Å²) in [5, 5.41) is 6.18. The first-order chi connectivity index (χ1) is 7.09. The summed E-state index contributed by atoms with van der Waals surface area (Å²) in [6.45, 7) is 7.40. The molecule has 2 unspecified atom stereocenters. The van der Waals surface area contributed by atoms with Crippen LogP contribution in [-0.4, -0.2) is 37.2 Å². The second-order valence-corrected chi connectivity index (χ2v) is 4.47. The van der Waals surface area contributed by atoms with Gasteiger partial charge in [0.25, 0.3) is 0 Å². The van der Waals surface area contributed by atoms with Crippen molar-refractivity contribution in [3.05, 3.63) is 0 Å². The van der Waals surface area contributed by atoms with Gasteiger partial charge in [0.05, 0.1) is 12.6 Å². The molecule has 0 saturated carbocycles. The van der Waals surface area contributed by atoms with E-state index in [1.807, 2.05) is 20.8 Å². The van der Waals surface area contributed by atoms with Gasteiger partial charge < -0.3 is 15.4 Å². The van der Waals surface area contributed by atoms with Crippen LogP contribution in [-0.2, 0) is 9.53 Å². The largest absolute Gasteiger partial charge is 0.380 e. The van der Waals surface area contributed by atoms with Crippen LogP contribution < -0.4 is 10.6 Å². The Balaban J connectivity index is 2.26. The van der Waals surface area contributed by atoms with Crippen molar-refractivity contribution in [2.45, 2.75) is 51.7 Å². The molecule has 1 aliphatic heterocycles. The van der Waals surface area contributed by atoms with Crippen LogP contribution in [0.25, 0.3) is 0 Å². The van der Waals surface area contributed by atoms with Gasteiger partial charge in [-0.05, 0) is 33.6 Å². The summed E-state index contributed by atoms with van der Waals surface area (Å²) in [5.41, 5.74) is 0. The Kier molecular flexibility index (Phi) is 5.05. The summed E-state index contributed by atoms with van der Waals surface area (Å²) in [6.07, 6.45) is 2.18. The molecule has 1 aliphatic rings. The lowest BCUT2D eigenvalue weighted by Crippen LogP contribution is -2.50. The van der Waals surface area contributed by atoms with Crippen molar-refractivity contribution < 1.29 is 9.53 Å². The lowest BCUT2D eigenvalue weighted by molar-refractivity contribution is -0.123. The molecular formula is C11H22N2O2. The molecule has 88 valence electrons. The van der Waals surface area contributed by atoms with E-state index >= 15 is 0 Å². The first-order valence-electron chi connectivity index (χ1n) is 5.73. The Hall–Kier alpha value is -0.610. The summed E-state index contributed by atoms with van der Waals surface area (Å²) in [6, 6.07) is 0.384. The first-order valence-corrected chi connectivity index (χ1v) is 5.73. The second-order valence-electron chi connectivity index (χ2n) is 4.47. The van der Waals surface area contributed by atoms with E-state index in [1.54, 1.807) is 0 Å². The molecule has 4 nitrogen and oxygen atoms in total. The van der Waals surface area contributed by atoms with Crippen LogP contribution in [0, 0.1) is 0 Å². The molecule has 15 heavy (non-hydrogen) atoms. The zero-order valence-electron chi connectivity index (χ0n) is 9.88. The number of carbonyl (C=O) groups excluding carboxylic acids is 1. The third-order valence-corrected chi connectivity index (χ3v) is 2.47. The van der Waals surface area contributed by atoms with E-state index in [4.69, 9.17) is 4.74 Å². The van der Waals surface area contributed by atoms with E-state index < -0.39 is 0 Å². The zero-order valence-corrected chi connectivity index (χ0v) is 9.88. The van der Waals surface area contributed by atoms with Gasteiger partial charge in [-0.2, -0.15) is 0 Å². The normalized spacial score (nSPS) is 23.9. The summed E-state index contributed by atoms with van der Waals surface area (Å²) in [7, 11) is 0. The fraction of sp³-hybridized carbons (Fsp3) is 0.909. The van der Waals surface area contributed by atoms with E-state index in [0.29, 0.717) is 6.04 Å². The minimum atomic E-state index is -0.140. The molecule has 0 aromatic rings. The minimum Gasteiger partial charge on any atom is -0.380 e. The summed E-state index contributed by atoms with van der Waals surface area (Å²) in [5.74, 6) is 0.0653. The summed E-state index contributed by atoms with van der Waals surface area (Å²) >= 11 is 0. The number of hydrogen-bond acceptors (Lipinski definition) is 3. The molecule has 2 atom stereocenters. The maximum Gasteiger partial charge on any atom is 0.237 e. The Morgan fingerprint density at radius 1 is 1.40 bits per heavy atom. The van der Waals surface area contributed by atoms with Crippen LogP contribution in [0.15, 0.2) is 0 Å². The average Bonchev–Trinajstić information content (AvgIpc) is 2.18. The molecule has 2 N–H and O–H groups in total. The maximum atomic E-state index is 11.6. The average molecular weight is 214 g/mol. The molecule has 4 heteroatoms. The fourth-order valence-corrected chi connectivity index (χ4v) is 1.71. The van der Waals surface area contributed by atoms with Crippen LogP contribution in [0.1, 0.15) is 33.6 Å². The molecule has 1 rings (SSSR count). The lowest BCUT2D eigenvalue weighted by Gasteiger charge is -2.26. The molecule has 1 heterocycles. The summed E-state index contributed by atoms with van der Waals surface area (Å²) in [4.78, 5) is 11.6. The molecule has 0 spiro atoms. The molecule has 0 aromatic heterocycles. The Morgan fingerprint density at radius 3 is 2.67 bits per heavy atom. The van der Waals surface area contributed by atoms with Gasteiger partial charge in [-0.15, -0.1) is 0 Å². The molecule has 1 amide bonds. The van der Waals surface area contributed by atoms with Gasteiger partial charge in [-0.3, -0.25) is 4.79 Å². The van der Waals surface area contributed by atoms with Gasteiger partial charge in [0.1, 0.15) is 0 Å². The molecule has 1 saturated heterocycles. The number of ether oxygens (including phenoxy) is 1. The number of hydrogen-bond donors (Lipinski definition) is 2. The Bertz CT molecular complexity index is 201. The predicted molar refractivity (Wildman–Crippen MR) is 59.7 cm³/mol. The number of amides is 1. The van der Waals surface area contributed by atoms with Crippen molar-refractivity contribution in [1.29, 1.82) is 0 Å². The van der Waals surface area contributed by atoms with Crippen molar-refractivity contribution >= 4 is 5.91 Å². The molecule has 0 aliphatic carbocycles. The van der Waals surface area contributed by atoms with Crippen LogP contribution >= 0.6 is 0 Å². The molecule has 1 fully saturated rings. The van der Waals surface area contributed by atoms with Gasteiger partial charge in [0.2, 0.25) is 5.91 Å². The first kappa shape index (κ1) is 12.5. The second kappa shape index (κ2) is 6.08. The molecule has 0 radical (unpaired) electrons. The van der Waals surface area contributed by atoms with Crippen molar-refractivity contribution in [2.75, 3.05) is 13.2 Å². The zero-order chi connectivity index (χ0) is 11.3. The van der Waals surface area contributed by atoms with Gasteiger partial charge >= 0.3 is 0 Å². The van der Waals surface area contributed by atoms with Crippen LogP contribution in [0.4, 0.5) is 0 Å². The SMILES string of the molecule is CC(C)NC(=O)C(C)NC1CCCOC1. The van der Waals surface area contributed by atoms with Crippen LogP contribution in [0.5, 0.6) is 0 Å². The highest BCUT2D eigenvalue weighted by atomic mass is 16.5. The van der Waals surface area contributed by atoms with Gasteiger partial charge in [-0.25, -0.2) is 0 Å². The number of carbonyl (C=O) groups is 1. The third kappa shape index (κ3) is 4.62. The van der Waals surface area contributed by atoms with E-state index in [0.717, 1.165) is 26.1 Å². The lowest BCUT2D eigenvalue weighted by atomic mass is 10.1.